The van der Waals surface area contributed by atoms with E-state index >= 15 is 0 Å². The van der Waals surface area contributed by atoms with Crippen LogP contribution in [-0.4, -0.2) is 16.2 Å². The predicted molar refractivity (Wildman–Crippen MR) is 66.8 cm³/mol. The SMILES string of the molecule is CC(C)(C)C(O)c1ccc(CCC(=O)O)cc1. The third kappa shape index (κ3) is 4.19. The monoisotopic (exact) mass is 236 g/mol. The molecule has 1 aromatic rings. The largest absolute Gasteiger partial charge is 0.481 e. The molecule has 0 aliphatic heterocycles. The molecule has 0 bridgehead atoms. The summed E-state index contributed by atoms with van der Waals surface area (Å²) in [7, 11) is 0. The Balaban J connectivity index is 2.71. The molecule has 0 aromatic heterocycles. The maximum atomic E-state index is 10.4. The highest BCUT2D eigenvalue weighted by Gasteiger charge is 2.23. The van der Waals surface area contributed by atoms with Crippen LogP contribution in [0.1, 0.15) is 44.4 Å². The Morgan fingerprint density at radius 3 is 2.18 bits per heavy atom. The molecule has 3 nitrogen and oxygen atoms in total. The number of rotatable bonds is 4. The second kappa shape index (κ2) is 5.32. The van der Waals surface area contributed by atoms with Crippen molar-refractivity contribution in [2.75, 3.05) is 0 Å². The Hall–Kier alpha value is -1.35. The van der Waals surface area contributed by atoms with E-state index in [-0.39, 0.29) is 11.8 Å². The van der Waals surface area contributed by atoms with Gasteiger partial charge >= 0.3 is 5.97 Å². The zero-order chi connectivity index (χ0) is 13.1. The zero-order valence-electron chi connectivity index (χ0n) is 10.6. The minimum absolute atomic E-state index is 0.140. The summed E-state index contributed by atoms with van der Waals surface area (Å²) >= 11 is 0. The van der Waals surface area contributed by atoms with E-state index in [1.807, 2.05) is 45.0 Å². The van der Waals surface area contributed by atoms with Gasteiger partial charge in [0.1, 0.15) is 0 Å². The Kier molecular flexibility index (Phi) is 4.29. The minimum Gasteiger partial charge on any atom is -0.481 e. The average molecular weight is 236 g/mol. The summed E-state index contributed by atoms with van der Waals surface area (Å²) in [4.78, 5) is 10.4. The number of hydrogen-bond donors (Lipinski definition) is 2. The molecule has 1 unspecified atom stereocenters. The van der Waals surface area contributed by atoms with Crippen molar-refractivity contribution >= 4 is 5.97 Å². The molecule has 0 heterocycles. The second-order valence-electron chi connectivity index (χ2n) is 5.40. The number of carbonyl (C=O) groups is 1. The van der Waals surface area contributed by atoms with Crippen LogP contribution in [0.5, 0.6) is 0 Å². The van der Waals surface area contributed by atoms with Gasteiger partial charge in [-0.1, -0.05) is 45.0 Å². The lowest BCUT2D eigenvalue weighted by Gasteiger charge is -2.26. The molecule has 1 atom stereocenters. The third-order valence-corrected chi connectivity index (χ3v) is 2.74. The van der Waals surface area contributed by atoms with E-state index < -0.39 is 12.1 Å². The lowest BCUT2D eigenvalue weighted by atomic mass is 9.84. The van der Waals surface area contributed by atoms with Gasteiger partial charge in [-0.2, -0.15) is 0 Å². The molecule has 17 heavy (non-hydrogen) atoms. The molecular formula is C14H20O3. The normalized spacial score (nSPS) is 13.4. The van der Waals surface area contributed by atoms with E-state index in [2.05, 4.69) is 0 Å². The highest BCUT2D eigenvalue weighted by Crippen LogP contribution is 2.32. The number of carboxylic acids is 1. The van der Waals surface area contributed by atoms with Gasteiger partial charge in [-0.05, 0) is 23.0 Å². The molecule has 94 valence electrons. The predicted octanol–water partition coefficient (Wildman–Crippen LogP) is 2.78. The summed E-state index contributed by atoms with van der Waals surface area (Å²) in [6, 6.07) is 7.50. The fourth-order valence-corrected chi connectivity index (χ4v) is 1.62. The molecule has 1 rings (SSSR count). The van der Waals surface area contributed by atoms with Gasteiger partial charge in [-0.25, -0.2) is 0 Å². The molecule has 0 saturated heterocycles. The molecule has 1 aromatic carbocycles. The lowest BCUT2D eigenvalue weighted by molar-refractivity contribution is -0.136. The van der Waals surface area contributed by atoms with Gasteiger partial charge in [-0.15, -0.1) is 0 Å². The van der Waals surface area contributed by atoms with Crippen LogP contribution in [0.3, 0.4) is 0 Å². The highest BCUT2D eigenvalue weighted by atomic mass is 16.4. The lowest BCUT2D eigenvalue weighted by Crippen LogP contribution is -2.17. The van der Waals surface area contributed by atoms with Crippen molar-refractivity contribution < 1.29 is 15.0 Å². The Morgan fingerprint density at radius 1 is 1.24 bits per heavy atom. The number of aliphatic carboxylic acids is 1. The fourth-order valence-electron chi connectivity index (χ4n) is 1.62. The minimum atomic E-state index is -0.788. The van der Waals surface area contributed by atoms with Gasteiger partial charge in [0, 0.05) is 6.42 Å². The first-order valence-electron chi connectivity index (χ1n) is 5.79. The quantitative estimate of drug-likeness (QED) is 0.845. The van der Waals surface area contributed by atoms with E-state index in [1.54, 1.807) is 0 Å². The van der Waals surface area contributed by atoms with E-state index in [9.17, 15) is 9.90 Å². The first-order chi connectivity index (χ1) is 7.80. The summed E-state index contributed by atoms with van der Waals surface area (Å²) in [6.07, 6.45) is 0.165. The van der Waals surface area contributed by atoms with Gasteiger partial charge in [0.15, 0.2) is 0 Å². The summed E-state index contributed by atoms with van der Waals surface area (Å²) in [5.41, 5.74) is 1.66. The number of aryl methyl sites for hydroxylation is 1. The van der Waals surface area contributed by atoms with Gasteiger partial charge in [0.25, 0.3) is 0 Å². The maximum Gasteiger partial charge on any atom is 0.303 e. The summed E-state index contributed by atoms with van der Waals surface area (Å²) in [5.74, 6) is -0.788. The van der Waals surface area contributed by atoms with Crippen LogP contribution in [0.25, 0.3) is 0 Å². The number of hydrogen-bond acceptors (Lipinski definition) is 2. The van der Waals surface area contributed by atoms with Crippen molar-refractivity contribution in [2.45, 2.75) is 39.7 Å². The Morgan fingerprint density at radius 2 is 1.76 bits per heavy atom. The average Bonchev–Trinajstić information content (AvgIpc) is 2.25. The van der Waals surface area contributed by atoms with Crippen LogP contribution in [0.2, 0.25) is 0 Å². The third-order valence-electron chi connectivity index (χ3n) is 2.74. The molecule has 2 N–H and O–H groups in total. The standard InChI is InChI=1S/C14H20O3/c1-14(2,3)13(17)11-7-4-10(5-8-11)6-9-12(15)16/h4-5,7-8,13,17H,6,9H2,1-3H3,(H,15,16). The number of benzene rings is 1. The van der Waals surface area contributed by atoms with Crippen molar-refractivity contribution in [2.24, 2.45) is 5.41 Å². The molecule has 0 amide bonds. The van der Waals surface area contributed by atoms with E-state index in [4.69, 9.17) is 5.11 Å². The van der Waals surface area contributed by atoms with E-state index in [1.165, 1.54) is 0 Å². The topological polar surface area (TPSA) is 57.5 Å². The highest BCUT2D eigenvalue weighted by molar-refractivity contribution is 5.67. The molecule has 0 saturated carbocycles. The second-order valence-corrected chi connectivity index (χ2v) is 5.40. The maximum absolute atomic E-state index is 10.4. The van der Waals surface area contributed by atoms with Gasteiger partial charge in [-0.3, -0.25) is 4.79 Å². The molecule has 0 fully saturated rings. The van der Waals surface area contributed by atoms with Crippen molar-refractivity contribution in [1.82, 2.24) is 0 Å². The van der Waals surface area contributed by atoms with Crippen LogP contribution in [0, 0.1) is 5.41 Å². The molecule has 0 aliphatic carbocycles. The van der Waals surface area contributed by atoms with Crippen LogP contribution in [-0.2, 0) is 11.2 Å². The van der Waals surface area contributed by atoms with Crippen molar-refractivity contribution in [3.8, 4) is 0 Å². The van der Waals surface area contributed by atoms with Gasteiger partial charge < -0.3 is 10.2 Å². The van der Waals surface area contributed by atoms with Crippen LogP contribution in [0.15, 0.2) is 24.3 Å². The Bertz CT molecular complexity index is 373. The molecule has 0 aliphatic rings. The van der Waals surface area contributed by atoms with E-state index in [0.29, 0.717) is 6.42 Å². The molecular weight excluding hydrogens is 216 g/mol. The first-order valence-corrected chi connectivity index (χ1v) is 5.79. The van der Waals surface area contributed by atoms with Crippen molar-refractivity contribution in [3.05, 3.63) is 35.4 Å². The molecule has 0 radical (unpaired) electrons. The van der Waals surface area contributed by atoms with Crippen LogP contribution >= 0.6 is 0 Å². The summed E-state index contributed by atoms with van der Waals surface area (Å²) in [5, 5.41) is 18.7. The fraction of sp³-hybridized carbons (Fsp3) is 0.500. The summed E-state index contributed by atoms with van der Waals surface area (Å²) in [6.45, 7) is 5.95. The zero-order valence-corrected chi connectivity index (χ0v) is 10.6. The van der Waals surface area contributed by atoms with Crippen LogP contribution in [0.4, 0.5) is 0 Å². The van der Waals surface area contributed by atoms with Gasteiger partial charge in [0.2, 0.25) is 0 Å². The Labute approximate surface area is 102 Å². The molecule has 3 heteroatoms. The molecule has 0 spiro atoms. The van der Waals surface area contributed by atoms with Gasteiger partial charge in [0.05, 0.1) is 6.10 Å². The summed E-state index contributed by atoms with van der Waals surface area (Å²) < 4.78 is 0. The number of aliphatic hydroxyl groups excluding tert-OH is 1. The first kappa shape index (κ1) is 13.7. The smallest absolute Gasteiger partial charge is 0.303 e. The number of aliphatic hydroxyl groups is 1. The van der Waals surface area contributed by atoms with E-state index in [0.717, 1.165) is 11.1 Å². The van der Waals surface area contributed by atoms with Crippen molar-refractivity contribution in [3.63, 3.8) is 0 Å². The van der Waals surface area contributed by atoms with Crippen LogP contribution < -0.4 is 0 Å². The number of carboxylic acid groups (broad SMARTS) is 1. The van der Waals surface area contributed by atoms with Crippen molar-refractivity contribution in [1.29, 1.82) is 0 Å².